The van der Waals surface area contributed by atoms with Crippen LogP contribution in [0.15, 0.2) is 71.9 Å². The number of aromatic nitrogens is 5. The highest BCUT2D eigenvalue weighted by Crippen LogP contribution is 2.20. The molecule has 4 aromatic rings. The summed E-state index contributed by atoms with van der Waals surface area (Å²) >= 11 is 0. The summed E-state index contributed by atoms with van der Waals surface area (Å²) in [4.78, 5) is 44.6. The standard InChI is InChI=1S/C23H19FN6O2/c1-14-12-27-20(13-26-14)23(32)29-19(15-5-7-16(24)8-6-15)10-17-11-21(31)30-22(28-17)18-4-2-3-9-25-18/h2-9,11-13,19H,10H2,1H3,(H,29,32)(H,28,30,31). The van der Waals surface area contributed by atoms with Gasteiger partial charge in [0, 0.05) is 24.9 Å². The maximum Gasteiger partial charge on any atom is 0.271 e. The van der Waals surface area contributed by atoms with E-state index in [0.717, 1.165) is 0 Å². The highest BCUT2D eigenvalue weighted by Gasteiger charge is 2.19. The van der Waals surface area contributed by atoms with Gasteiger partial charge in [-0.05, 0) is 36.8 Å². The quantitative estimate of drug-likeness (QED) is 0.486. The molecule has 1 atom stereocenters. The Balaban J connectivity index is 1.65. The van der Waals surface area contributed by atoms with Crippen molar-refractivity contribution in [2.24, 2.45) is 0 Å². The molecule has 1 aromatic carbocycles. The van der Waals surface area contributed by atoms with Crippen LogP contribution >= 0.6 is 0 Å². The van der Waals surface area contributed by atoms with Gasteiger partial charge in [0.05, 0.1) is 23.6 Å². The maximum atomic E-state index is 13.5. The van der Waals surface area contributed by atoms with E-state index in [4.69, 9.17) is 0 Å². The Bertz CT molecular complexity index is 1270. The van der Waals surface area contributed by atoms with Crippen LogP contribution in [0.4, 0.5) is 4.39 Å². The molecule has 3 heterocycles. The summed E-state index contributed by atoms with van der Waals surface area (Å²) in [6.07, 6.45) is 4.68. The number of benzene rings is 1. The second-order valence-electron chi connectivity index (χ2n) is 7.13. The second kappa shape index (κ2) is 9.25. The van der Waals surface area contributed by atoms with E-state index in [2.05, 4.69) is 30.2 Å². The van der Waals surface area contributed by atoms with Crippen molar-refractivity contribution in [1.29, 1.82) is 0 Å². The Labute approximate surface area is 182 Å². The number of hydrogen-bond acceptors (Lipinski definition) is 6. The van der Waals surface area contributed by atoms with Crippen LogP contribution in [-0.2, 0) is 6.42 Å². The fraction of sp³-hybridized carbons (Fsp3) is 0.130. The molecule has 0 fully saturated rings. The molecular formula is C23H19FN6O2. The van der Waals surface area contributed by atoms with Gasteiger partial charge in [-0.1, -0.05) is 18.2 Å². The number of halogens is 1. The third-order valence-corrected chi connectivity index (χ3v) is 4.71. The predicted molar refractivity (Wildman–Crippen MR) is 115 cm³/mol. The maximum absolute atomic E-state index is 13.5. The summed E-state index contributed by atoms with van der Waals surface area (Å²) in [7, 11) is 0. The first-order valence-electron chi connectivity index (χ1n) is 9.84. The smallest absolute Gasteiger partial charge is 0.271 e. The molecule has 0 radical (unpaired) electrons. The molecular weight excluding hydrogens is 411 g/mol. The first-order chi connectivity index (χ1) is 15.5. The minimum absolute atomic E-state index is 0.149. The van der Waals surface area contributed by atoms with Crippen molar-refractivity contribution in [2.75, 3.05) is 0 Å². The van der Waals surface area contributed by atoms with Gasteiger partial charge in [0.15, 0.2) is 5.82 Å². The third-order valence-electron chi connectivity index (χ3n) is 4.71. The van der Waals surface area contributed by atoms with Crippen molar-refractivity contribution in [3.63, 3.8) is 0 Å². The van der Waals surface area contributed by atoms with E-state index in [1.165, 1.54) is 30.6 Å². The molecule has 3 aromatic heterocycles. The lowest BCUT2D eigenvalue weighted by Gasteiger charge is -2.19. The van der Waals surface area contributed by atoms with Crippen LogP contribution in [-0.4, -0.2) is 30.8 Å². The van der Waals surface area contributed by atoms with Gasteiger partial charge < -0.3 is 10.3 Å². The van der Waals surface area contributed by atoms with Crippen LogP contribution in [0.5, 0.6) is 0 Å². The normalized spacial score (nSPS) is 11.7. The fourth-order valence-corrected chi connectivity index (χ4v) is 3.14. The summed E-state index contributed by atoms with van der Waals surface area (Å²) in [5.74, 6) is -0.516. The van der Waals surface area contributed by atoms with Crippen LogP contribution in [0, 0.1) is 12.7 Å². The third kappa shape index (κ3) is 5.07. The van der Waals surface area contributed by atoms with Crippen molar-refractivity contribution in [2.45, 2.75) is 19.4 Å². The van der Waals surface area contributed by atoms with Crippen LogP contribution < -0.4 is 10.9 Å². The summed E-state index contributed by atoms with van der Waals surface area (Å²) in [5.41, 5.74) is 2.11. The van der Waals surface area contributed by atoms with Crippen LogP contribution in [0.25, 0.3) is 11.5 Å². The van der Waals surface area contributed by atoms with Crippen LogP contribution in [0.3, 0.4) is 0 Å². The number of amides is 1. The molecule has 1 unspecified atom stereocenters. The van der Waals surface area contributed by atoms with Gasteiger partial charge in [0.25, 0.3) is 11.5 Å². The molecule has 0 bridgehead atoms. The Morgan fingerprint density at radius 2 is 1.91 bits per heavy atom. The second-order valence-corrected chi connectivity index (χ2v) is 7.13. The number of nitrogens with one attached hydrogen (secondary N) is 2. The topological polar surface area (TPSA) is 114 Å². The molecule has 160 valence electrons. The summed E-state index contributed by atoms with van der Waals surface area (Å²) in [6.45, 7) is 1.77. The van der Waals surface area contributed by atoms with Gasteiger partial charge in [0.2, 0.25) is 0 Å². The molecule has 0 aliphatic rings. The highest BCUT2D eigenvalue weighted by molar-refractivity contribution is 5.92. The first kappa shape index (κ1) is 21.0. The zero-order valence-electron chi connectivity index (χ0n) is 17.1. The zero-order valence-corrected chi connectivity index (χ0v) is 17.1. The van der Waals surface area contributed by atoms with Crippen molar-refractivity contribution in [1.82, 2.24) is 30.2 Å². The largest absolute Gasteiger partial charge is 0.343 e. The number of carbonyl (C=O) groups excluding carboxylic acids is 1. The molecule has 0 spiro atoms. The molecule has 0 saturated heterocycles. The zero-order chi connectivity index (χ0) is 22.5. The monoisotopic (exact) mass is 430 g/mol. The Morgan fingerprint density at radius 1 is 1.09 bits per heavy atom. The number of hydrogen-bond donors (Lipinski definition) is 2. The van der Waals surface area contributed by atoms with Gasteiger partial charge in [-0.2, -0.15) is 0 Å². The molecule has 2 N–H and O–H groups in total. The Kier molecular flexibility index (Phi) is 6.07. The number of rotatable bonds is 6. The molecule has 0 saturated carbocycles. The van der Waals surface area contributed by atoms with E-state index < -0.39 is 17.8 Å². The van der Waals surface area contributed by atoms with Crippen molar-refractivity contribution < 1.29 is 9.18 Å². The SMILES string of the molecule is Cc1cnc(C(=O)NC(Cc2cc(=O)[nH]c(-c3ccccn3)n2)c2ccc(F)cc2)cn1. The van der Waals surface area contributed by atoms with Gasteiger partial charge >= 0.3 is 0 Å². The minimum atomic E-state index is -0.586. The van der Waals surface area contributed by atoms with Crippen molar-refractivity contribution in [3.05, 3.63) is 106 Å². The minimum Gasteiger partial charge on any atom is -0.343 e. The fourth-order valence-electron chi connectivity index (χ4n) is 3.14. The lowest BCUT2D eigenvalue weighted by atomic mass is 10.0. The summed E-state index contributed by atoms with van der Waals surface area (Å²) in [6, 6.07) is 11.8. The van der Waals surface area contributed by atoms with E-state index in [1.54, 1.807) is 43.5 Å². The number of carbonyl (C=O) groups is 1. The van der Waals surface area contributed by atoms with Crippen molar-refractivity contribution in [3.8, 4) is 11.5 Å². The van der Waals surface area contributed by atoms with E-state index in [9.17, 15) is 14.0 Å². The highest BCUT2D eigenvalue weighted by atomic mass is 19.1. The Morgan fingerprint density at radius 3 is 2.59 bits per heavy atom. The molecule has 9 heteroatoms. The molecule has 1 amide bonds. The molecule has 4 rings (SSSR count). The van der Waals surface area contributed by atoms with Gasteiger partial charge in [-0.25, -0.2) is 14.4 Å². The van der Waals surface area contributed by atoms with Gasteiger partial charge in [-0.15, -0.1) is 0 Å². The average Bonchev–Trinajstić information content (AvgIpc) is 2.80. The summed E-state index contributed by atoms with van der Waals surface area (Å²) < 4.78 is 13.5. The van der Waals surface area contributed by atoms with Gasteiger partial charge in [0.1, 0.15) is 17.2 Å². The van der Waals surface area contributed by atoms with Crippen LogP contribution in [0.2, 0.25) is 0 Å². The number of H-pyrrole nitrogens is 1. The van der Waals surface area contributed by atoms with E-state index >= 15 is 0 Å². The predicted octanol–water partition coefficient (Wildman–Crippen LogP) is 2.78. The van der Waals surface area contributed by atoms with E-state index in [1.807, 2.05) is 0 Å². The lowest BCUT2D eigenvalue weighted by Crippen LogP contribution is -2.31. The van der Waals surface area contributed by atoms with E-state index in [0.29, 0.717) is 28.5 Å². The summed E-state index contributed by atoms with van der Waals surface area (Å²) in [5, 5.41) is 2.88. The number of aromatic amines is 1. The molecule has 0 aliphatic heterocycles. The van der Waals surface area contributed by atoms with Crippen molar-refractivity contribution >= 4 is 5.91 Å². The molecule has 8 nitrogen and oxygen atoms in total. The van der Waals surface area contributed by atoms with E-state index in [-0.39, 0.29) is 17.7 Å². The number of nitrogens with zero attached hydrogens (tertiary/aromatic N) is 4. The number of pyridine rings is 1. The number of aryl methyl sites for hydroxylation is 1. The average molecular weight is 430 g/mol. The first-order valence-corrected chi connectivity index (χ1v) is 9.84. The molecule has 0 aliphatic carbocycles. The lowest BCUT2D eigenvalue weighted by molar-refractivity contribution is 0.0931. The molecule has 32 heavy (non-hydrogen) atoms. The van der Waals surface area contributed by atoms with Gasteiger partial charge in [-0.3, -0.25) is 19.6 Å². The van der Waals surface area contributed by atoms with Crippen LogP contribution in [0.1, 0.15) is 33.5 Å². The Hall–Kier alpha value is -4.27.